The van der Waals surface area contributed by atoms with Crippen LogP contribution in [0.5, 0.6) is 0 Å². The molecule has 0 heterocycles. The zero-order valence-electron chi connectivity index (χ0n) is 11.9. The van der Waals surface area contributed by atoms with E-state index in [9.17, 15) is 4.79 Å². The van der Waals surface area contributed by atoms with Gasteiger partial charge >= 0.3 is 0 Å². The minimum Gasteiger partial charge on any atom is -0.465 e. The third-order valence-corrected chi connectivity index (χ3v) is 3.29. The second kappa shape index (κ2) is 12.7. The van der Waals surface area contributed by atoms with Gasteiger partial charge in [0.15, 0.2) is 0 Å². The molecule has 0 N–H and O–H groups in total. The molecule has 0 spiro atoms. The van der Waals surface area contributed by atoms with Crippen molar-refractivity contribution in [3.63, 3.8) is 0 Å². The maximum Gasteiger partial charge on any atom is 0.293 e. The summed E-state index contributed by atoms with van der Waals surface area (Å²) in [6.45, 7) is 10.3. The first-order valence-electron chi connectivity index (χ1n) is 7.23. The summed E-state index contributed by atoms with van der Waals surface area (Å²) in [5.41, 5.74) is 0. The standard InChI is InChI=1S/C16H29O2/c1-4-11-15(2)12-9-7-5-6-8-10-13-16(3)18-14-17/h4,14-16H,1,3,5-13H2,2H3/t15?,16-/m1/s1. The number of carbonyl (C=O) groups excluding carboxylic acids is 1. The Morgan fingerprint density at radius 2 is 1.61 bits per heavy atom. The van der Waals surface area contributed by atoms with Crippen LogP contribution in [-0.2, 0) is 9.53 Å². The maximum absolute atomic E-state index is 10.1. The van der Waals surface area contributed by atoms with Crippen molar-refractivity contribution in [2.24, 2.45) is 5.92 Å². The number of carbonyl (C=O) groups is 1. The number of rotatable bonds is 13. The van der Waals surface area contributed by atoms with Gasteiger partial charge in [-0.25, -0.2) is 0 Å². The molecule has 0 saturated heterocycles. The predicted molar refractivity (Wildman–Crippen MR) is 77.2 cm³/mol. The van der Waals surface area contributed by atoms with Crippen LogP contribution in [0.15, 0.2) is 12.7 Å². The summed E-state index contributed by atoms with van der Waals surface area (Å²) in [6.07, 6.45) is 12.8. The maximum atomic E-state index is 10.1. The summed E-state index contributed by atoms with van der Waals surface area (Å²) in [7, 11) is 0. The Balaban J connectivity index is 3.16. The molecule has 0 aliphatic rings. The molecular weight excluding hydrogens is 224 g/mol. The molecule has 0 rings (SSSR count). The fourth-order valence-electron chi connectivity index (χ4n) is 2.12. The smallest absolute Gasteiger partial charge is 0.293 e. The second-order valence-corrected chi connectivity index (χ2v) is 5.18. The van der Waals surface area contributed by atoms with E-state index in [2.05, 4.69) is 20.4 Å². The second-order valence-electron chi connectivity index (χ2n) is 5.18. The highest BCUT2D eigenvalue weighted by Crippen LogP contribution is 2.15. The lowest BCUT2D eigenvalue weighted by atomic mass is 9.99. The molecule has 0 aromatic carbocycles. The van der Waals surface area contributed by atoms with Crippen LogP contribution >= 0.6 is 0 Å². The van der Waals surface area contributed by atoms with Gasteiger partial charge in [-0.2, -0.15) is 0 Å². The van der Waals surface area contributed by atoms with Crippen molar-refractivity contribution in [2.45, 2.75) is 70.8 Å². The van der Waals surface area contributed by atoms with E-state index in [4.69, 9.17) is 4.74 Å². The Bertz CT molecular complexity index is 179. The van der Waals surface area contributed by atoms with Gasteiger partial charge in [0, 0.05) is 0 Å². The predicted octanol–water partition coefficient (Wildman–Crippen LogP) is 4.70. The third kappa shape index (κ3) is 11.7. The van der Waals surface area contributed by atoms with Gasteiger partial charge in [-0.15, -0.1) is 6.58 Å². The lowest BCUT2D eigenvalue weighted by Gasteiger charge is -2.09. The minimum absolute atomic E-state index is 0.165. The lowest BCUT2D eigenvalue weighted by Crippen LogP contribution is -2.06. The van der Waals surface area contributed by atoms with Crippen LogP contribution < -0.4 is 0 Å². The molecule has 1 radical (unpaired) electrons. The van der Waals surface area contributed by atoms with Gasteiger partial charge in [0.25, 0.3) is 6.47 Å². The minimum atomic E-state index is -0.165. The van der Waals surface area contributed by atoms with Crippen molar-refractivity contribution in [1.82, 2.24) is 0 Å². The van der Waals surface area contributed by atoms with Gasteiger partial charge in [0.2, 0.25) is 0 Å². The van der Waals surface area contributed by atoms with E-state index in [0.717, 1.165) is 25.2 Å². The molecular formula is C16H29O2. The largest absolute Gasteiger partial charge is 0.465 e. The Labute approximate surface area is 113 Å². The molecule has 0 aliphatic heterocycles. The first-order chi connectivity index (χ1) is 8.70. The van der Waals surface area contributed by atoms with Crippen LogP contribution in [0, 0.1) is 12.8 Å². The van der Waals surface area contributed by atoms with Crippen molar-refractivity contribution >= 4 is 6.47 Å². The van der Waals surface area contributed by atoms with Crippen LogP contribution in [0.2, 0.25) is 0 Å². The van der Waals surface area contributed by atoms with Crippen molar-refractivity contribution in [1.29, 1.82) is 0 Å². The molecule has 2 atom stereocenters. The molecule has 0 aromatic rings. The van der Waals surface area contributed by atoms with Gasteiger partial charge in [-0.05, 0) is 32.1 Å². The number of ether oxygens (including phenoxy) is 1. The fourth-order valence-corrected chi connectivity index (χ4v) is 2.12. The third-order valence-electron chi connectivity index (χ3n) is 3.29. The van der Waals surface area contributed by atoms with Gasteiger partial charge < -0.3 is 4.74 Å². The highest BCUT2D eigenvalue weighted by Gasteiger charge is 2.01. The Hall–Kier alpha value is -0.790. The number of unbranched alkanes of at least 4 members (excludes halogenated alkanes) is 5. The van der Waals surface area contributed by atoms with E-state index >= 15 is 0 Å². The average Bonchev–Trinajstić information content (AvgIpc) is 2.33. The van der Waals surface area contributed by atoms with Crippen molar-refractivity contribution in [2.75, 3.05) is 0 Å². The Morgan fingerprint density at radius 1 is 1.06 bits per heavy atom. The molecule has 2 nitrogen and oxygen atoms in total. The van der Waals surface area contributed by atoms with E-state index in [1.807, 2.05) is 6.08 Å². The van der Waals surface area contributed by atoms with Gasteiger partial charge in [-0.1, -0.05) is 51.5 Å². The molecule has 0 aromatic heterocycles. The first kappa shape index (κ1) is 17.2. The molecule has 1 unspecified atom stereocenters. The van der Waals surface area contributed by atoms with Gasteiger partial charge in [0.1, 0.15) is 6.10 Å². The molecule has 18 heavy (non-hydrogen) atoms. The highest BCUT2D eigenvalue weighted by atomic mass is 16.5. The molecule has 0 fully saturated rings. The number of hydrogen-bond acceptors (Lipinski definition) is 2. The van der Waals surface area contributed by atoms with Gasteiger partial charge in [0.05, 0.1) is 0 Å². The fraction of sp³-hybridized carbons (Fsp3) is 0.750. The first-order valence-corrected chi connectivity index (χ1v) is 7.23. The van der Waals surface area contributed by atoms with Crippen molar-refractivity contribution in [3.8, 4) is 0 Å². The molecule has 105 valence electrons. The summed E-state index contributed by atoms with van der Waals surface area (Å²) in [5.74, 6) is 0.787. The van der Waals surface area contributed by atoms with E-state index < -0.39 is 0 Å². The van der Waals surface area contributed by atoms with E-state index in [1.54, 1.807) is 0 Å². The van der Waals surface area contributed by atoms with Crippen molar-refractivity contribution in [3.05, 3.63) is 19.6 Å². The quantitative estimate of drug-likeness (QED) is 0.270. The molecule has 0 aliphatic carbocycles. The van der Waals surface area contributed by atoms with Crippen LogP contribution in [0.25, 0.3) is 0 Å². The molecule has 0 bridgehead atoms. The topological polar surface area (TPSA) is 26.3 Å². The van der Waals surface area contributed by atoms with Crippen molar-refractivity contribution < 1.29 is 9.53 Å². The average molecular weight is 253 g/mol. The highest BCUT2D eigenvalue weighted by molar-refractivity contribution is 5.37. The zero-order valence-corrected chi connectivity index (χ0v) is 11.9. The van der Waals surface area contributed by atoms with E-state index in [1.165, 1.54) is 38.5 Å². The summed E-state index contributed by atoms with van der Waals surface area (Å²) in [4.78, 5) is 10.1. The number of allylic oxidation sites excluding steroid dienone is 1. The zero-order chi connectivity index (χ0) is 13.6. The van der Waals surface area contributed by atoms with Gasteiger partial charge in [-0.3, -0.25) is 4.79 Å². The van der Waals surface area contributed by atoms with Crippen LogP contribution in [-0.4, -0.2) is 12.6 Å². The van der Waals surface area contributed by atoms with Crippen LogP contribution in [0.4, 0.5) is 0 Å². The monoisotopic (exact) mass is 253 g/mol. The van der Waals surface area contributed by atoms with Crippen LogP contribution in [0.3, 0.4) is 0 Å². The van der Waals surface area contributed by atoms with E-state index in [0.29, 0.717) is 6.47 Å². The molecule has 0 saturated carbocycles. The van der Waals surface area contributed by atoms with E-state index in [-0.39, 0.29) is 6.10 Å². The number of hydrogen-bond donors (Lipinski definition) is 0. The van der Waals surface area contributed by atoms with Crippen LogP contribution in [0.1, 0.15) is 64.7 Å². The molecule has 2 heteroatoms. The SMILES string of the molecule is [CH2][C@H](CCCCCCCCC(C)CC=C)OC=O. The molecule has 0 amide bonds. The lowest BCUT2D eigenvalue weighted by molar-refractivity contribution is -0.131. The Kier molecular flexibility index (Phi) is 12.1. The summed E-state index contributed by atoms with van der Waals surface area (Å²) in [5, 5.41) is 0. The summed E-state index contributed by atoms with van der Waals surface area (Å²) < 4.78 is 4.74. The summed E-state index contributed by atoms with van der Waals surface area (Å²) >= 11 is 0. The summed E-state index contributed by atoms with van der Waals surface area (Å²) in [6, 6.07) is 0. The normalized spacial score (nSPS) is 13.9. The Morgan fingerprint density at radius 3 is 2.17 bits per heavy atom.